The molecule has 0 bridgehead atoms. The SMILES string of the molecule is COc1ccc(OCCNc2cccc(S(C)(=O)=O)c2)cc1. The summed E-state index contributed by atoms with van der Waals surface area (Å²) in [6.45, 7) is 1.04. The Morgan fingerprint density at radius 2 is 1.73 bits per heavy atom. The molecule has 22 heavy (non-hydrogen) atoms. The standard InChI is InChI=1S/C16H19NO4S/c1-20-14-6-8-15(9-7-14)21-11-10-17-13-4-3-5-16(12-13)22(2,18)19/h3-9,12,17H,10-11H2,1-2H3. The van der Waals surface area contributed by atoms with Gasteiger partial charge in [0, 0.05) is 18.5 Å². The second-order valence-corrected chi connectivity index (χ2v) is 6.77. The summed E-state index contributed by atoms with van der Waals surface area (Å²) in [6.07, 6.45) is 1.19. The van der Waals surface area contributed by atoms with Crippen LogP contribution in [0.3, 0.4) is 0 Å². The van der Waals surface area contributed by atoms with Gasteiger partial charge in [0.25, 0.3) is 0 Å². The molecule has 0 aliphatic rings. The van der Waals surface area contributed by atoms with Gasteiger partial charge in [-0.1, -0.05) is 6.07 Å². The summed E-state index contributed by atoms with van der Waals surface area (Å²) in [5.74, 6) is 1.54. The summed E-state index contributed by atoms with van der Waals surface area (Å²) < 4.78 is 33.6. The quantitative estimate of drug-likeness (QED) is 0.794. The topological polar surface area (TPSA) is 64.6 Å². The summed E-state index contributed by atoms with van der Waals surface area (Å²) in [5.41, 5.74) is 0.751. The minimum atomic E-state index is -3.19. The molecule has 0 aliphatic heterocycles. The van der Waals surface area contributed by atoms with Crippen molar-refractivity contribution in [3.8, 4) is 11.5 Å². The first kappa shape index (κ1) is 16.2. The number of methoxy groups -OCH3 is 1. The molecule has 0 saturated heterocycles. The summed E-state index contributed by atoms with van der Waals surface area (Å²) in [5, 5.41) is 3.14. The maximum atomic E-state index is 11.5. The number of sulfone groups is 1. The van der Waals surface area contributed by atoms with Gasteiger partial charge in [-0.3, -0.25) is 0 Å². The Hall–Kier alpha value is -2.21. The van der Waals surface area contributed by atoms with Crippen molar-refractivity contribution in [1.82, 2.24) is 0 Å². The fraction of sp³-hybridized carbons (Fsp3) is 0.250. The average molecular weight is 321 g/mol. The van der Waals surface area contributed by atoms with Gasteiger partial charge < -0.3 is 14.8 Å². The van der Waals surface area contributed by atoms with Crippen molar-refractivity contribution < 1.29 is 17.9 Å². The molecular formula is C16H19NO4S. The van der Waals surface area contributed by atoms with E-state index in [9.17, 15) is 8.42 Å². The van der Waals surface area contributed by atoms with E-state index in [1.807, 2.05) is 30.3 Å². The summed E-state index contributed by atoms with van der Waals surface area (Å²) >= 11 is 0. The molecule has 2 aromatic rings. The van der Waals surface area contributed by atoms with E-state index in [4.69, 9.17) is 9.47 Å². The van der Waals surface area contributed by atoms with E-state index in [1.54, 1.807) is 25.3 Å². The molecule has 0 aliphatic carbocycles. The number of rotatable bonds is 7. The lowest BCUT2D eigenvalue weighted by atomic mass is 10.3. The number of hydrogen-bond acceptors (Lipinski definition) is 5. The Labute approximate surface area is 130 Å². The molecule has 0 saturated carbocycles. The molecule has 0 amide bonds. The zero-order chi connectivity index (χ0) is 16.0. The van der Waals surface area contributed by atoms with Gasteiger partial charge in [0.2, 0.25) is 0 Å². The van der Waals surface area contributed by atoms with Crippen LogP contribution in [-0.4, -0.2) is 34.9 Å². The Kier molecular flexibility index (Phi) is 5.27. The average Bonchev–Trinajstić information content (AvgIpc) is 2.52. The van der Waals surface area contributed by atoms with Gasteiger partial charge in [0.15, 0.2) is 9.84 Å². The molecule has 0 spiro atoms. The Balaban J connectivity index is 1.83. The second-order valence-electron chi connectivity index (χ2n) is 4.75. The predicted molar refractivity (Wildman–Crippen MR) is 86.5 cm³/mol. The van der Waals surface area contributed by atoms with Crippen molar-refractivity contribution in [1.29, 1.82) is 0 Å². The highest BCUT2D eigenvalue weighted by Crippen LogP contribution is 2.17. The zero-order valence-electron chi connectivity index (χ0n) is 12.6. The van der Waals surface area contributed by atoms with Crippen LogP contribution in [-0.2, 0) is 9.84 Å². The monoisotopic (exact) mass is 321 g/mol. The van der Waals surface area contributed by atoms with Crippen molar-refractivity contribution in [3.05, 3.63) is 48.5 Å². The molecule has 2 aromatic carbocycles. The lowest BCUT2D eigenvalue weighted by Crippen LogP contribution is -2.11. The highest BCUT2D eigenvalue weighted by molar-refractivity contribution is 7.90. The molecule has 0 aromatic heterocycles. The third kappa shape index (κ3) is 4.66. The van der Waals surface area contributed by atoms with Crippen LogP contribution >= 0.6 is 0 Å². The first-order valence-corrected chi connectivity index (χ1v) is 8.69. The minimum absolute atomic E-state index is 0.300. The van der Waals surface area contributed by atoms with E-state index < -0.39 is 9.84 Å². The molecular weight excluding hydrogens is 302 g/mol. The third-order valence-corrected chi connectivity index (χ3v) is 4.13. The van der Waals surface area contributed by atoms with Gasteiger partial charge in [-0.15, -0.1) is 0 Å². The largest absolute Gasteiger partial charge is 0.497 e. The van der Waals surface area contributed by atoms with Crippen LogP contribution in [0.1, 0.15) is 0 Å². The van der Waals surface area contributed by atoms with E-state index >= 15 is 0 Å². The molecule has 1 N–H and O–H groups in total. The van der Waals surface area contributed by atoms with Crippen molar-refractivity contribution in [3.63, 3.8) is 0 Å². The number of hydrogen-bond donors (Lipinski definition) is 1. The molecule has 0 fully saturated rings. The van der Waals surface area contributed by atoms with Crippen molar-refractivity contribution >= 4 is 15.5 Å². The van der Waals surface area contributed by atoms with Gasteiger partial charge in [0.1, 0.15) is 18.1 Å². The number of ether oxygens (including phenoxy) is 2. The predicted octanol–water partition coefficient (Wildman–Crippen LogP) is 2.59. The van der Waals surface area contributed by atoms with Crippen LogP contribution in [0.25, 0.3) is 0 Å². The van der Waals surface area contributed by atoms with Gasteiger partial charge in [-0.25, -0.2) is 8.42 Å². The van der Waals surface area contributed by atoms with Crippen LogP contribution < -0.4 is 14.8 Å². The van der Waals surface area contributed by atoms with Gasteiger partial charge in [-0.05, 0) is 42.5 Å². The smallest absolute Gasteiger partial charge is 0.175 e. The van der Waals surface area contributed by atoms with Gasteiger partial charge in [-0.2, -0.15) is 0 Å². The Bertz CT molecular complexity index is 711. The van der Waals surface area contributed by atoms with Crippen LogP contribution in [0.5, 0.6) is 11.5 Å². The summed E-state index contributed by atoms with van der Waals surface area (Å²) in [4.78, 5) is 0.300. The highest BCUT2D eigenvalue weighted by atomic mass is 32.2. The molecule has 118 valence electrons. The second kappa shape index (κ2) is 7.17. The minimum Gasteiger partial charge on any atom is -0.497 e. The van der Waals surface area contributed by atoms with E-state index in [1.165, 1.54) is 6.26 Å². The Morgan fingerprint density at radius 3 is 2.36 bits per heavy atom. The first-order valence-electron chi connectivity index (χ1n) is 6.80. The molecule has 0 unspecified atom stereocenters. The van der Waals surface area contributed by atoms with Crippen LogP contribution in [0.4, 0.5) is 5.69 Å². The van der Waals surface area contributed by atoms with Gasteiger partial charge in [0.05, 0.1) is 12.0 Å². The lowest BCUT2D eigenvalue weighted by Gasteiger charge is -2.10. The Morgan fingerprint density at radius 1 is 1.05 bits per heavy atom. The van der Waals surface area contributed by atoms with E-state index in [-0.39, 0.29) is 0 Å². The zero-order valence-corrected chi connectivity index (χ0v) is 13.4. The molecule has 0 heterocycles. The lowest BCUT2D eigenvalue weighted by molar-refractivity contribution is 0.332. The summed E-state index contributed by atoms with van der Waals surface area (Å²) in [6, 6.07) is 14.1. The maximum absolute atomic E-state index is 11.5. The van der Waals surface area contributed by atoms with Crippen LogP contribution in [0.2, 0.25) is 0 Å². The number of anilines is 1. The third-order valence-electron chi connectivity index (χ3n) is 3.02. The molecule has 0 atom stereocenters. The molecule has 5 nitrogen and oxygen atoms in total. The number of nitrogens with one attached hydrogen (secondary N) is 1. The van der Waals surface area contributed by atoms with E-state index in [0.29, 0.717) is 18.0 Å². The highest BCUT2D eigenvalue weighted by Gasteiger charge is 2.06. The van der Waals surface area contributed by atoms with Crippen molar-refractivity contribution in [2.24, 2.45) is 0 Å². The van der Waals surface area contributed by atoms with Crippen molar-refractivity contribution in [2.45, 2.75) is 4.90 Å². The normalized spacial score (nSPS) is 11.0. The fourth-order valence-electron chi connectivity index (χ4n) is 1.87. The maximum Gasteiger partial charge on any atom is 0.175 e. The first-order chi connectivity index (χ1) is 10.5. The van der Waals surface area contributed by atoms with Crippen LogP contribution in [0.15, 0.2) is 53.4 Å². The van der Waals surface area contributed by atoms with Crippen LogP contribution in [0, 0.1) is 0 Å². The number of benzene rings is 2. The molecule has 0 radical (unpaired) electrons. The van der Waals surface area contributed by atoms with E-state index in [0.717, 1.165) is 17.2 Å². The van der Waals surface area contributed by atoms with Crippen molar-refractivity contribution in [2.75, 3.05) is 31.8 Å². The summed E-state index contributed by atoms with van der Waals surface area (Å²) in [7, 11) is -1.57. The van der Waals surface area contributed by atoms with E-state index in [2.05, 4.69) is 5.32 Å². The van der Waals surface area contributed by atoms with Gasteiger partial charge >= 0.3 is 0 Å². The molecule has 6 heteroatoms. The molecule has 2 rings (SSSR count). The fourth-order valence-corrected chi connectivity index (χ4v) is 2.54.